The lowest BCUT2D eigenvalue weighted by atomic mass is 9.97. The van der Waals surface area contributed by atoms with Crippen molar-refractivity contribution >= 4 is 5.97 Å². The Morgan fingerprint density at radius 3 is 2.55 bits per heavy atom. The molecule has 1 unspecified atom stereocenters. The van der Waals surface area contributed by atoms with Gasteiger partial charge in [0.25, 0.3) is 0 Å². The van der Waals surface area contributed by atoms with Gasteiger partial charge >= 0.3 is 5.97 Å². The largest absolute Gasteiger partial charge is 0.465 e. The van der Waals surface area contributed by atoms with E-state index in [0.717, 1.165) is 25.1 Å². The molecule has 1 atom stereocenters. The molecule has 1 aromatic heterocycles. The summed E-state index contributed by atoms with van der Waals surface area (Å²) in [6, 6.07) is 0. The van der Waals surface area contributed by atoms with Gasteiger partial charge in [0.15, 0.2) is 0 Å². The normalized spacial score (nSPS) is 14.1. The standard InChI is InChI=1S/C15H27N3O2/c1-6-13-11(3)17-18(12(13)4)10-8-9-15(5,16)14(19)20-7-2/h6-10,16H2,1-5H3. The zero-order valence-corrected chi connectivity index (χ0v) is 13.3. The van der Waals surface area contributed by atoms with Crippen LogP contribution in [-0.4, -0.2) is 27.9 Å². The Kier molecular flexibility index (Phi) is 5.74. The van der Waals surface area contributed by atoms with Crippen LogP contribution in [-0.2, 0) is 22.5 Å². The Hall–Kier alpha value is -1.36. The summed E-state index contributed by atoms with van der Waals surface area (Å²) in [7, 11) is 0. The van der Waals surface area contributed by atoms with E-state index in [2.05, 4.69) is 18.9 Å². The SMILES string of the molecule is CCOC(=O)C(C)(N)CCCn1nc(C)c(CC)c1C. The maximum atomic E-state index is 11.7. The second-order valence-electron chi connectivity index (χ2n) is 5.47. The van der Waals surface area contributed by atoms with Crippen LogP contribution in [0, 0.1) is 13.8 Å². The summed E-state index contributed by atoms with van der Waals surface area (Å²) >= 11 is 0. The Morgan fingerprint density at radius 1 is 1.40 bits per heavy atom. The summed E-state index contributed by atoms with van der Waals surface area (Å²) in [6.45, 7) is 10.9. The van der Waals surface area contributed by atoms with E-state index < -0.39 is 5.54 Å². The first kappa shape index (κ1) is 16.7. The molecule has 0 fully saturated rings. The highest BCUT2D eigenvalue weighted by Gasteiger charge is 2.29. The summed E-state index contributed by atoms with van der Waals surface area (Å²) in [6.07, 6.45) is 2.39. The predicted molar refractivity (Wildman–Crippen MR) is 79.5 cm³/mol. The average Bonchev–Trinajstić information content (AvgIpc) is 2.64. The summed E-state index contributed by atoms with van der Waals surface area (Å²) in [4.78, 5) is 11.7. The number of hydrogen-bond acceptors (Lipinski definition) is 4. The second-order valence-corrected chi connectivity index (χ2v) is 5.47. The van der Waals surface area contributed by atoms with E-state index in [1.54, 1.807) is 13.8 Å². The number of esters is 1. The Bertz CT molecular complexity index is 464. The molecule has 0 saturated heterocycles. The average molecular weight is 281 g/mol. The van der Waals surface area contributed by atoms with Crippen molar-refractivity contribution in [1.82, 2.24) is 9.78 Å². The maximum absolute atomic E-state index is 11.7. The van der Waals surface area contributed by atoms with Gasteiger partial charge in [0.05, 0.1) is 12.3 Å². The van der Waals surface area contributed by atoms with E-state index in [-0.39, 0.29) is 5.97 Å². The molecule has 1 rings (SSSR count). The fraction of sp³-hybridized carbons (Fsp3) is 0.733. The first-order chi connectivity index (χ1) is 9.33. The smallest absolute Gasteiger partial charge is 0.325 e. The highest BCUT2D eigenvalue weighted by molar-refractivity contribution is 5.79. The van der Waals surface area contributed by atoms with Crippen LogP contribution < -0.4 is 5.73 Å². The van der Waals surface area contributed by atoms with Crippen molar-refractivity contribution in [1.29, 1.82) is 0 Å². The topological polar surface area (TPSA) is 70.1 Å². The fourth-order valence-corrected chi connectivity index (χ4v) is 2.46. The van der Waals surface area contributed by atoms with Gasteiger partial charge in [-0.2, -0.15) is 5.10 Å². The lowest BCUT2D eigenvalue weighted by Crippen LogP contribution is -2.46. The van der Waals surface area contributed by atoms with Crippen molar-refractivity contribution in [2.75, 3.05) is 6.61 Å². The number of aromatic nitrogens is 2. The molecule has 20 heavy (non-hydrogen) atoms. The van der Waals surface area contributed by atoms with Crippen LogP contribution in [0.5, 0.6) is 0 Å². The number of ether oxygens (including phenoxy) is 1. The monoisotopic (exact) mass is 281 g/mol. The maximum Gasteiger partial charge on any atom is 0.325 e. The molecule has 0 aromatic carbocycles. The molecule has 2 N–H and O–H groups in total. The van der Waals surface area contributed by atoms with Crippen LogP contribution in [0.15, 0.2) is 0 Å². The van der Waals surface area contributed by atoms with Gasteiger partial charge in [0, 0.05) is 12.2 Å². The van der Waals surface area contributed by atoms with Crippen LogP contribution >= 0.6 is 0 Å². The molecule has 0 aliphatic heterocycles. The second kappa shape index (κ2) is 6.88. The van der Waals surface area contributed by atoms with Gasteiger partial charge in [-0.3, -0.25) is 9.48 Å². The highest BCUT2D eigenvalue weighted by Crippen LogP contribution is 2.16. The van der Waals surface area contributed by atoms with Crippen molar-refractivity contribution in [3.05, 3.63) is 17.0 Å². The van der Waals surface area contributed by atoms with Gasteiger partial charge in [-0.1, -0.05) is 6.92 Å². The van der Waals surface area contributed by atoms with Crippen LogP contribution in [0.2, 0.25) is 0 Å². The zero-order chi connectivity index (χ0) is 15.3. The van der Waals surface area contributed by atoms with Gasteiger partial charge in [0.2, 0.25) is 0 Å². The number of nitrogens with zero attached hydrogens (tertiary/aromatic N) is 2. The Labute approximate surface area is 121 Å². The van der Waals surface area contributed by atoms with Crippen LogP contribution in [0.25, 0.3) is 0 Å². The molecule has 1 aromatic rings. The van der Waals surface area contributed by atoms with E-state index in [1.807, 2.05) is 11.6 Å². The van der Waals surface area contributed by atoms with Crippen LogP contribution in [0.1, 0.15) is 50.6 Å². The lowest BCUT2D eigenvalue weighted by Gasteiger charge is -2.22. The fourth-order valence-electron chi connectivity index (χ4n) is 2.46. The van der Waals surface area contributed by atoms with Gasteiger partial charge in [-0.05, 0) is 52.5 Å². The molecule has 5 heteroatoms. The zero-order valence-electron chi connectivity index (χ0n) is 13.3. The van der Waals surface area contributed by atoms with E-state index >= 15 is 0 Å². The molecular formula is C15H27N3O2. The predicted octanol–water partition coefficient (Wildman–Crippen LogP) is 2.12. The number of hydrogen-bond donors (Lipinski definition) is 1. The number of rotatable bonds is 7. The summed E-state index contributed by atoms with van der Waals surface area (Å²) < 4.78 is 7.00. The van der Waals surface area contributed by atoms with Crippen molar-refractivity contribution in [3.63, 3.8) is 0 Å². The molecule has 0 bridgehead atoms. The summed E-state index contributed by atoms with van der Waals surface area (Å²) in [5.74, 6) is -0.331. The van der Waals surface area contributed by atoms with E-state index in [1.165, 1.54) is 11.3 Å². The van der Waals surface area contributed by atoms with Gasteiger partial charge in [0.1, 0.15) is 5.54 Å². The van der Waals surface area contributed by atoms with Crippen molar-refractivity contribution in [3.8, 4) is 0 Å². The van der Waals surface area contributed by atoms with E-state index in [4.69, 9.17) is 10.5 Å². The lowest BCUT2D eigenvalue weighted by molar-refractivity contribution is -0.149. The number of nitrogens with two attached hydrogens (primary N) is 1. The van der Waals surface area contributed by atoms with Crippen molar-refractivity contribution < 1.29 is 9.53 Å². The van der Waals surface area contributed by atoms with E-state index in [9.17, 15) is 4.79 Å². The Morgan fingerprint density at radius 2 is 2.05 bits per heavy atom. The number of carbonyl (C=O) groups is 1. The molecule has 5 nitrogen and oxygen atoms in total. The van der Waals surface area contributed by atoms with Crippen molar-refractivity contribution in [2.24, 2.45) is 5.73 Å². The third kappa shape index (κ3) is 3.82. The molecular weight excluding hydrogens is 254 g/mol. The molecule has 1 heterocycles. The summed E-state index contributed by atoms with van der Waals surface area (Å²) in [5.41, 5.74) is 8.70. The molecule has 114 valence electrons. The number of aryl methyl sites for hydroxylation is 2. The highest BCUT2D eigenvalue weighted by atomic mass is 16.5. The molecule has 0 spiro atoms. The molecule has 0 radical (unpaired) electrons. The first-order valence-corrected chi connectivity index (χ1v) is 7.32. The first-order valence-electron chi connectivity index (χ1n) is 7.32. The molecule has 0 aliphatic rings. The van der Waals surface area contributed by atoms with Crippen LogP contribution in [0.4, 0.5) is 0 Å². The third-order valence-corrected chi connectivity index (χ3v) is 3.69. The van der Waals surface area contributed by atoms with Gasteiger partial charge < -0.3 is 10.5 Å². The molecule has 0 aliphatic carbocycles. The molecule has 0 saturated carbocycles. The van der Waals surface area contributed by atoms with Crippen molar-refractivity contribution in [2.45, 2.75) is 66.0 Å². The van der Waals surface area contributed by atoms with E-state index in [0.29, 0.717) is 13.0 Å². The summed E-state index contributed by atoms with van der Waals surface area (Å²) in [5, 5.41) is 4.54. The van der Waals surface area contributed by atoms with Crippen LogP contribution in [0.3, 0.4) is 0 Å². The minimum absolute atomic E-state index is 0.331. The number of carbonyl (C=O) groups excluding carboxylic acids is 1. The van der Waals surface area contributed by atoms with Gasteiger partial charge in [-0.25, -0.2) is 0 Å². The minimum Gasteiger partial charge on any atom is -0.465 e. The third-order valence-electron chi connectivity index (χ3n) is 3.69. The Balaban J connectivity index is 2.58. The quantitative estimate of drug-likeness (QED) is 0.777. The minimum atomic E-state index is -0.917. The molecule has 0 amide bonds. The van der Waals surface area contributed by atoms with Gasteiger partial charge in [-0.15, -0.1) is 0 Å².